The molecule has 1 amide bonds. The molecule has 0 saturated carbocycles. The number of benzene rings is 3. The first kappa shape index (κ1) is 23.8. The Kier molecular flexibility index (Phi) is 6.04. The van der Waals surface area contributed by atoms with E-state index in [2.05, 4.69) is 27.2 Å². The summed E-state index contributed by atoms with van der Waals surface area (Å²) in [5.41, 5.74) is 3.52. The number of fused-ring (bicyclic) bond motifs is 2. The second-order valence-electron chi connectivity index (χ2n) is 9.79. The van der Waals surface area contributed by atoms with Crippen molar-refractivity contribution < 1.29 is 17.9 Å². The molecule has 0 bridgehead atoms. The SMILES string of the molecule is Cc1ccc2c(c1)NC(=O)c1cc(S(=O)(=O)N3CCCC3)c(N3CCN(c4ccccc4)CC3)cc1O2. The minimum absolute atomic E-state index is 0.169. The van der Waals surface area contributed by atoms with Crippen molar-refractivity contribution in [3.05, 3.63) is 71.8 Å². The summed E-state index contributed by atoms with van der Waals surface area (Å²) in [6.45, 7) is 5.75. The van der Waals surface area contributed by atoms with Crippen LogP contribution in [0.2, 0.25) is 0 Å². The van der Waals surface area contributed by atoms with E-state index in [0.717, 1.165) is 37.2 Å². The first-order chi connectivity index (χ1) is 17.9. The lowest BCUT2D eigenvalue weighted by Gasteiger charge is -2.38. The Labute approximate surface area is 217 Å². The number of ether oxygens (including phenoxy) is 1. The van der Waals surface area contributed by atoms with Crippen LogP contribution in [-0.2, 0) is 10.0 Å². The molecule has 0 aliphatic carbocycles. The van der Waals surface area contributed by atoms with E-state index >= 15 is 0 Å². The summed E-state index contributed by atoms with van der Waals surface area (Å²) in [6.07, 6.45) is 1.68. The molecule has 3 aromatic rings. The van der Waals surface area contributed by atoms with Gasteiger partial charge in [-0.1, -0.05) is 24.3 Å². The van der Waals surface area contributed by atoms with Gasteiger partial charge in [0.15, 0.2) is 5.75 Å². The fourth-order valence-electron chi connectivity index (χ4n) is 5.32. The minimum Gasteiger partial charge on any atom is -0.454 e. The molecule has 6 rings (SSSR count). The third-order valence-corrected chi connectivity index (χ3v) is 9.26. The van der Waals surface area contributed by atoms with E-state index in [9.17, 15) is 13.2 Å². The van der Waals surface area contributed by atoms with Gasteiger partial charge in [-0.15, -0.1) is 0 Å². The number of aryl methyl sites for hydroxylation is 1. The Balaban J connectivity index is 1.41. The van der Waals surface area contributed by atoms with Gasteiger partial charge >= 0.3 is 0 Å². The van der Waals surface area contributed by atoms with Gasteiger partial charge in [0.1, 0.15) is 10.6 Å². The average molecular weight is 519 g/mol. The normalized spacial score (nSPS) is 18.0. The predicted molar refractivity (Wildman–Crippen MR) is 145 cm³/mol. The number of sulfonamides is 1. The minimum atomic E-state index is -3.78. The molecule has 9 heteroatoms. The molecule has 3 aliphatic rings. The molecule has 0 atom stereocenters. The van der Waals surface area contributed by atoms with E-state index in [4.69, 9.17) is 4.74 Å². The fourth-order valence-corrected chi connectivity index (χ4v) is 7.05. The maximum Gasteiger partial charge on any atom is 0.259 e. The van der Waals surface area contributed by atoms with Crippen molar-refractivity contribution >= 4 is 33.0 Å². The summed E-state index contributed by atoms with van der Waals surface area (Å²) in [4.78, 5) is 17.8. The molecule has 0 unspecified atom stereocenters. The van der Waals surface area contributed by atoms with Crippen molar-refractivity contribution in [2.24, 2.45) is 0 Å². The highest BCUT2D eigenvalue weighted by Gasteiger charge is 2.35. The molecule has 8 nitrogen and oxygen atoms in total. The fraction of sp³-hybridized carbons (Fsp3) is 0.321. The number of amides is 1. The second kappa shape index (κ2) is 9.39. The lowest BCUT2D eigenvalue weighted by molar-refractivity contribution is 0.102. The summed E-state index contributed by atoms with van der Waals surface area (Å²) < 4.78 is 35.4. The molecule has 3 aliphatic heterocycles. The number of hydrogen-bond acceptors (Lipinski definition) is 6. The van der Waals surface area contributed by atoms with Crippen LogP contribution in [-0.4, -0.2) is 57.9 Å². The molecule has 0 spiro atoms. The second-order valence-corrected chi connectivity index (χ2v) is 11.7. The largest absolute Gasteiger partial charge is 0.454 e. The van der Waals surface area contributed by atoms with Crippen molar-refractivity contribution in [2.75, 3.05) is 54.4 Å². The average Bonchev–Trinajstić information content (AvgIpc) is 3.43. The van der Waals surface area contributed by atoms with Crippen molar-refractivity contribution in [1.82, 2.24) is 4.31 Å². The Morgan fingerprint density at radius 1 is 0.811 bits per heavy atom. The van der Waals surface area contributed by atoms with E-state index in [1.54, 1.807) is 6.07 Å². The third-order valence-electron chi connectivity index (χ3n) is 7.33. The molecule has 2 fully saturated rings. The molecule has 1 N–H and O–H groups in total. The summed E-state index contributed by atoms with van der Waals surface area (Å²) in [5, 5.41) is 2.90. The number of nitrogens with zero attached hydrogens (tertiary/aromatic N) is 3. The first-order valence-corrected chi connectivity index (χ1v) is 14.2. The molecule has 0 aromatic heterocycles. The van der Waals surface area contributed by atoms with Gasteiger partial charge in [-0.3, -0.25) is 4.79 Å². The molecule has 0 radical (unpaired) electrons. The lowest BCUT2D eigenvalue weighted by Crippen LogP contribution is -2.47. The number of para-hydroxylation sites is 1. The highest BCUT2D eigenvalue weighted by molar-refractivity contribution is 7.89. The highest BCUT2D eigenvalue weighted by atomic mass is 32.2. The van der Waals surface area contributed by atoms with Crippen LogP contribution in [0.3, 0.4) is 0 Å². The molecule has 37 heavy (non-hydrogen) atoms. The van der Waals surface area contributed by atoms with Gasteiger partial charge in [-0.2, -0.15) is 4.31 Å². The maximum atomic E-state index is 13.8. The molecular formula is C28H30N4O4S. The van der Waals surface area contributed by atoms with Gasteiger partial charge in [0.25, 0.3) is 5.91 Å². The first-order valence-electron chi connectivity index (χ1n) is 12.7. The van der Waals surface area contributed by atoms with Crippen molar-refractivity contribution in [2.45, 2.75) is 24.7 Å². The zero-order valence-corrected chi connectivity index (χ0v) is 21.6. The summed E-state index contributed by atoms with van der Waals surface area (Å²) in [7, 11) is -3.78. The van der Waals surface area contributed by atoms with Gasteiger partial charge in [0.05, 0.1) is 16.9 Å². The summed E-state index contributed by atoms with van der Waals surface area (Å²) >= 11 is 0. The maximum absolute atomic E-state index is 13.8. The number of rotatable bonds is 4. The molecule has 3 heterocycles. The molecule has 2 saturated heterocycles. The molecular weight excluding hydrogens is 488 g/mol. The Bertz CT molecular complexity index is 1440. The highest BCUT2D eigenvalue weighted by Crippen LogP contribution is 2.42. The quantitative estimate of drug-likeness (QED) is 0.549. The van der Waals surface area contributed by atoms with Crippen molar-refractivity contribution in [3.8, 4) is 11.5 Å². The van der Waals surface area contributed by atoms with E-state index in [1.807, 2.05) is 43.3 Å². The predicted octanol–water partition coefficient (Wildman–Crippen LogP) is 4.46. The van der Waals surface area contributed by atoms with Crippen LogP contribution in [0.25, 0.3) is 0 Å². The molecule has 3 aromatic carbocycles. The van der Waals surface area contributed by atoms with Crippen molar-refractivity contribution in [1.29, 1.82) is 0 Å². The van der Waals surface area contributed by atoms with E-state index in [0.29, 0.717) is 49.1 Å². The van der Waals surface area contributed by atoms with E-state index < -0.39 is 10.0 Å². The van der Waals surface area contributed by atoms with Gasteiger partial charge in [0.2, 0.25) is 10.0 Å². The van der Waals surface area contributed by atoms with Crippen LogP contribution in [0.4, 0.5) is 17.1 Å². The Morgan fingerprint density at radius 3 is 2.24 bits per heavy atom. The van der Waals surface area contributed by atoms with Crippen LogP contribution in [0.1, 0.15) is 28.8 Å². The van der Waals surface area contributed by atoms with Gasteiger partial charge in [-0.05, 0) is 55.7 Å². The zero-order valence-electron chi connectivity index (χ0n) is 20.8. The number of carbonyl (C=O) groups excluding carboxylic acids is 1. The number of hydrogen-bond donors (Lipinski definition) is 1. The number of anilines is 3. The van der Waals surface area contributed by atoms with Gasteiger partial charge < -0.3 is 19.9 Å². The topological polar surface area (TPSA) is 82.2 Å². The lowest BCUT2D eigenvalue weighted by atomic mass is 10.1. The third kappa shape index (κ3) is 4.42. The number of piperazine rings is 1. The smallest absolute Gasteiger partial charge is 0.259 e. The van der Waals surface area contributed by atoms with Crippen LogP contribution < -0.4 is 19.9 Å². The number of nitrogens with one attached hydrogen (secondary N) is 1. The van der Waals surface area contributed by atoms with Crippen LogP contribution in [0.5, 0.6) is 11.5 Å². The number of carbonyl (C=O) groups is 1. The van der Waals surface area contributed by atoms with Crippen LogP contribution in [0.15, 0.2) is 65.6 Å². The summed E-state index contributed by atoms with van der Waals surface area (Å²) in [6, 6.07) is 19.1. The summed E-state index contributed by atoms with van der Waals surface area (Å²) in [5.74, 6) is 0.520. The van der Waals surface area contributed by atoms with E-state index in [-0.39, 0.29) is 16.4 Å². The molecule has 192 valence electrons. The zero-order chi connectivity index (χ0) is 25.6. The standard InChI is InChI=1S/C28H30N4O4S/c1-20-9-10-25-23(17-20)29-28(33)22-18-27(37(34,35)32-11-5-6-12-32)24(19-26(22)36-25)31-15-13-30(14-16-31)21-7-3-2-4-8-21/h2-4,7-10,17-19H,5-6,11-16H2,1H3,(H,29,33). The Hall–Kier alpha value is -3.56. The van der Waals surface area contributed by atoms with Gasteiger partial charge in [-0.25, -0.2) is 8.42 Å². The Morgan fingerprint density at radius 2 is 1.51 bits per heavy atom. The van der Waals surface area contributed by atoms with Crippen molar-refractivity contribution in [3.63, 3.8) is 0 Å². The monoisotopic (exact) mass is 518 g/mol. The van der Waals surface area contributed by atoms with Gasteiger partial charge in [0, 0.05) is 51.0 Å². The van der Waals surface area contributed by atoms with Crippen LogP contribution in [0, 0.1) is 6.92 Å². The van der Waals surface area contributed by atoms with E-state index in [1.165, 1.54) is 10.4 Å². The van der Waals surface area contributed by atoms with Crippen LogP contribution >= 0.6 is 0 Å².